The lowest BCUT2D eigenvalue weighted by molar-refractivity contribution is 0.00175. The van der Waals surface area contributed by atoms with Gasteiger partial charge in [0.05, 0.1) is 24.3 Å². The second-order valence-corrected chi connectivity index (χ2v) is 3.13. The van der Waals surface area contributed by atoms with Gasteiger partial charge in [0.2, 0.25) is 0 Å². The summed E-state index contributed by atoms with van der Waals surface area (Å²) in [6, 6.07) is 1.80. The van der Waals surface area contributed by atoms with Crippen LogP contribution in [0.2, 0.25) is 0 Å². The van der Waals surface area contributed by atoms with Crippen molar-refractivity contribution in [3.05, 3.63) is 0 Å². The minimum Gasteiger partial charge on any atom is -0.393 e. The van der Waals surface area contributed by atoms with Crippen molar-refractivity contribution in [1.29, 1.82) is 5.26 Å². The lowest BCUT2D eigenvalue weighted by Gasteiger charge is -2.22. The van der Waals surface area contributed by atoms with Gasteiger partial charge < -0.3 is 10.2 Å². The molecule has 0 aromatic heterocycles. The Balaban J connectivity index is 3.75. The zero-order valence-corrected chi connectivity index (χ0v) is 7.54. The topological polar surface area (TPSA) is 76.3 Å². The second-order valence-electron chi connectivity index (χ2n) is 3.13. The molecule has 0 bridgehead atoms. The minimum absolute atomic E-state index is 0.232. The predicted molar refractivity (Wildman–Crippen MR) is 45.4 cm³/mol. The fourth-order valence-corrected chi connectivity index (χ4v) is 0.680. The third kappa shape index (κ3) is 4.29. The van der Waals surface area contributed by atoms with E-state index in [-0.39, 0.29) is 19.2 Å². The summed E-state index contributed by atoms with van der Waals surface area (Å²) in [7, 11) is 0. The molecule has 70 valence electrons. The van der Waals surface area contributed by atoms with Gasteiger partial charge in [-0.15, -0.1) is 0 Å². The molecule has 0 amide bonds. The minimum atomic E-state index is -1.13. The van der Waals surface area contributed by atoms with Crippen LogP contribution in [0.1, 0.15) is 20.3 Å². The van der Waals surface area contributed by atoms with Crippen molar-refractivity contribution in [3.8, 4) is 6.07 Å². The third-order valence-electron chi connectivity index (χ3n) is 1.63. The van der Waals surface area contributed by atoms with E-state index in [0.29, 0.717) is 6.42 Å². The highest BCUT2D eigenvalue weighted by atomic mass is 16.3. The van der Waals surface area contributed by atoms with Crippen LogP contribution in [0.5, 0.6) is 0 Å². The molecule has 4 nitrogen and oxygen atoms in total. The van der Waals surface area contributed by atoms with Gasteiger partial charge in [0.15, 0.2) is 0 Å². The summed E-state index contributed by atoms with van der Waals surface area (Å²) in [5.74, 6) is 0. The second kappa shape index (κ2) is 5.09. The van der Waals surface area contributed by atoms with Gasteiger partial charge in [-0.3, -0.25) is 5.32 Å². The van der Waals surface area contributed by atoms with E-state index in [4.69, 9.17) is 10.4 Å². The van der Waals surface area contributed by atoms with Gasteiger partial charge in [0.25, 0.3) is 0 Å². The fourth-order valence-electron chi connectivity index (χ4n) is 0.680. The van der Waals surface area contributed by atoms with Gasteiger partial charge >= 0.3 is 0 Å². The first kappa shape index (κ1) is 11.4. The van der Waals surface area contributed by atoms with Crippen LogP contribution < -0.4 is 5.32 Å². The van der Waals surface area contributed by atoms with Gasteiger partial charge in [0.1, 0.15) is 0 Å². The summed E-state index contributed by atoms with van der Waals surface area (Å²) >= 11 is 0. The first-order valence-electron chi connectivity index (χ1n) is 4.02. The van der Waals surface area contributed by atoms with Crippen molar-refractivity contribution in [2.24, 2.45) is 0 Å². The van der Waals surface area contributed by atoms with Crippen molar-refractivity contribution < 1.29 is 10.2 Å². The van der Waals surface area contributed by atoms with Crippen LogP contribution in [-0.4, -0.2) is 35.0 Å². The summed E-state index contributed by atoms with van der Waals surface area (Å²) < 4.78 is 0. The number of aliphatic hydroxyl groups is 2. The number of hydrogen-bond acceptors (Lipinski definition) is 4. The van der Waals surface area contributed by atoms with E-state index >= 15 is 0 Å². The Morgan fingerprint density at radius 2 is 2.25 bits per heavy atom. The van der Waals surface area contributed by atoms with Crippen molar-refractivity contribution in [2.75, 3.05) is 13.2 Å². The van der Waals surface area contributed by atoms with Crippen LogP contribution in [0.15, 0.2) is 0 Å². The smallest absolute Gasteiger partial charge is 0.0973 e. The van der Waals surface area contributed by atoms with Crippen molar-refractivity contribution in [2.45, 2.75) is 31.9 Å². The molecule has 0 rings (SSSR count). The normalized spacial score (nSPS) is 17.9. The quantitative estimate of drug-likeness (QED) is 0.528. The molecule has 2 atom stereocenters. The lowest BCUT2D eigenvalue weighted by atomic mass is 10.1. The predicted octanol–water partition coefficient (Wildman–Crippen LogP) is -0.379. The Morgan fingerprint density at radius 3 is 2.58 bits per heavy atom. The maximum atomic E-state index is 9.34. The SMILES string of the molecule is CCC(C#N)NCC(C)(O)CO. The summed E-state index contributed by atoms with van der Waals surface area (Å²) in [5.41, 5.74) is -1.13. The van der Waals surface area contributed by atoms with E-state index in [9.17, 15) is 5.11 Å². The van der Waals surface area contributed by atoms with Crippen LogP contribution in [-0.2, 0) is 0 Å². The molecule has 0 heterocycles. The number of rotatable bonds is 5. The molecule has 0 aliphatic heterocycles. The van der Waals surface area contributed by atoms with Crippen molar-refractivity contribution in [1.82, 2.24) is 5.32 Å². The van der Waals surface area contributed by atoms with Crippen LogP contribution in [0, 0.1) is 11.3 Å². The molecule has 3 N–H and O–H groups in total. The Bertz CT molecular complexity index is 163. The van der Waals surface area contributed by atoms with Crippen LogP contribution >= 0.6 is 0 Å². The van der Waals surface area contributed by atoms with E-state index in [1.807, 2.05) is 13.0 Å². The molecule has 2 unspecified atom stereocenters. The maximum Gasteiger partial charge on any atom is 0.0973 e. The highest BCUT2D eigenvalue weighted by Gasteiger charge is 2.19. The average molecular weight is 172 g/mol. The average Bonchev–Trinajstić information content (AvgIpc) is 2.06. The van der Waals surface area contributed by atoms with Gasteiger partial charge in [-0.05, 0) is 13.3 Å². The Morgan fingerprint density at radius 1 is 1.67 bits per heavy atom. The summed E-state index contributed by atoms with van der Waals surface area (Å²) in [4.78, 5) is 0. The third-order valence-corrected chi connectivity index (χ3v) is 1.63. The monoisotopic (exact) mass is 172 g/mol. The summed E-state index contributed by atoms with van der Waals surface area (Å²) in [6.45, 7) is 3.33. The molecular formula is C8H16N2O2. The molecule has 0 fully saturated rings. The summed E-state index contributed by atoms with van der Waals surface area (Å²) in [6.07, 6.45) is 0.692. The standard InChI is InChI=1S/C8H16N2O2/c1-3-7(4-9)10-5-8(2,12)6-11/h7,10-12H,3,5-6H2,1-2H3. The first-order valence-corrected chi connectivity index (χ1v) is 4.02. The molecule has 0 saturated heterocycles. The van der Waals surface area contributed by atoms with Crippen molar-refractivity contribution in [3.63, 3.8) is 0 Å². The molecule has 0 aliphatic rings. The molecule has 0 aliphatic carbocycles. The van der Waals surface area contributed by atoms with Gasteiger partial charge in [-0.2, -0.15) is 5.26 Å². The molecule has 0 radical (unpaired) electrons. The van der Waals surface area contributed by atoms with Gasteiger partial charge in [-0.25, -0.2) is 0 Å². The van der Waals surface area contributed by atoms with E-state index in [2.05, 4.69) is 5.32 Å². The molecule has 0 spiro atoms. The number of aliphatic hydroxyl groups excluding tert-OH is 1. The van der Waals surface area contributed by atoms with Crippen molar-refractivity contribution >= 4 is 0 Å². The molecule has 0 saturated carbocycles. The molecule has 0 aromatic rings. The maximum absolute atomic E-state index is 9.34. The molecule has 4 heteroatoms. The van der Waals surface area contributed by atoms with E-state index in [1.165, 1.54) is 6.92 Å². The van der Waals surface area contributed by atoms with E-state index < -0.39 is 5.60 Å². The zero-order chi connectivity index (χ0) is 9.61. The molecular weight excluding hydrogens is 156 g/mol. The Kier molecular flexibility index (Phi) is 4.83. The lowest BCUT2D eigenvalue weighted by Crippen LogP contribution is -2.44. The van der Waals surface area contributed by atoms with Crippen LogP contribution in [0.25, 0.3) is 0 Å². The van der Waals surface area contributed by atoms with Gasteiger partial charge in [0, 0.05) is 6.54 Å². The first-order chi connectivity index (χ1) is 5.55. The van der Waals surface area contributed by atoms with Gasteiger partial charge in [-0.1, -0.05) is 6.92 Å². The number of nitriles is 1. The zero-order valence-electron chi connectivity index (χ0n) is 7.54. The highest BCUT2D eigenvalue weighted by Crippen LogP contribution is 2.00. The number of hydrogen-bond donors (Lipinski definition) is 3. The highest BCUT2D eigenvalue weighted by molar-refractivity contribution is 4.90. The van der Waals surface area contributed by atoms with Crippen LogP contribution in [0.3, 0.4) is 0 Å². The van der Waals surface area contributed by atoms with E-state index in [0.717, 1.165) is 0 Å². The number of nitrogens with one attached hydrogen (secondary N) is 1. The van der Waals surface area contributed by atoms with E-state index in [1.54, 1.807) is 0 Å². The Labute approximate surface area is 72.8 Å². The summed E-state index contributed by atoms with van der Waals surface area (Å²) in [5, 5.41) is 29.4. The van der Waals surface area contributed by atoms with Crippen LogP contribution in [0.4, 0.5) is 0 Å². The molecule has 0 aromatic carbocycles. The fraction of sp³-hybridized carbons (Fsp3) is 0.875. The largest absolute Gasteiger partial charge is 0.393 e. The Hall–Kier alpha value is -0.630. The number of nitrogens with zero attached hydrogens (tertiary/aromatic N) is 1. The molecule has 12 heavy (non-hydrogen) atoms.